The van der Waals surface area contributed by atoms with Crippen molar-refractivity contribution in [2.24, 2.45) is 0 Å². The Hall–Kier alpha value is -2.41. The molecule has 0 unspecified atom stereocenters. The molecule has 0 aromatic heterocycles. The zero-order valence-corrected chi connectivity index (χ0v) is 12.8. The lowest BCUT2D eigenvalue weighted by Gasteiger charge is -2.09. The summed E-state index contributed by atoms with van der Waals surface area (Å²) in [6.45, 7) is 0. The molecular formula is C15H14FNO4S. The number of rotatable bonds is 4. The number of hydrogen-bond acceptors (Lipinski definition) is 4. The smallest absolute Gasteiger partial charge is 0.255 e. The van der Waals surface area contributed by atoms with Crippen molar-refractivity contribution >= 4 is 21.4 Å². The second kappa shape index (κ2) is 6.15. The van der Waals surface area contributed by atoms with Crippen molar-refractivity contribution in [3.05, 3.63) is 53.8 Å². The highest BCUT2D eigenvalue weighted by Crippen LogP contribution is 2.21. The zero-order chi connectivity index (χ0) is 16.3. The van der Waals surface area contributed by atoms with Crippen LogP contribution in [0.5, 0.6) is 5.75 Å². The second-order valence-corrected chi connectivity index (χ2v) is 6.62. The first-order valence-electron chi connectivity index (χ1n) is 6.26. The topological polar surface area (TPSA) is 72.5 Å². The molecule has 2 aromatic rings. The van der Waals surface area contributed by atoms with E-state index in [1.54, 1.807) is 12.1 Å². The van der Waals surface area contributed by atoms with Crippen molar-refractivity contribution in [1.82, 2.24) is 0 Å². The van der Waals surface area contributed by atoms with E-state index >= 15 is 0 Å². The number of carbonyl (C=O) groups excluding carboxylic acids is 1. The van der Waals surface area contributed by atoms with Crippen LogP contribution < -0.4 is 10.1 Å². The van der Waals surface area contributed by atoms with Crippen LogP contribution in [0.15, 0.2) is 47.4 Å². The Balaban J connectivity index is 2.31. The Morgan fingerprint density at radius 1 is 1.18 bits per heavy atom. The number of ether oxygens (including phenoxy) is 1. The number of carbonyl (C=O) groups is 1. The molecule has 1 amide bonds. The van der Waals surface area contributed by atoms with Crippen molar-refractivity contribution < 1.29 is 22.3 Å². The molecule has 0 saturated heterocycles. The summed E-state index contributed by atoms with van der Waals surface area (Å²) >= 11 is 0. The van der Waals surface area contributed by atoms with Crippen LogP contribution >= 0.6 is 0 Å². The monoisotopic (exact) mass is 323 g/mol. The van der Waals surface area contributed by atoms with Gasteiger partial charge in [-0.05, 0) is 36.4 Å². The fourth-order valence-corrected chi connectivity index (χ4v) is 2.44. The number of halogens is 1. The number of methoxy groups -OCH3 is 1. The van der Waals surface area contributed by atoms with E-state index < -0.39 is 21.6 Å². The summed E-state index contributed by atoms with van der Waals surface area (Å²) in [6.07, 6.45) is 1.01. The first-order valence-corrected chi connectivity index (χ1v) is 8.15. The molecule has 116 valence electrons. The van der Waals surface area contributed by atoms with Gasteiger partial charge in [0.25, 0.3) is 5.91 Å². The van der Waals surface area contributed by atoms with E-state index in [4.69, 9.17) is 4.74 Å². The minimum Gasteiger partial charge on any atom is -0.497 e. The molecule has 0 aliphatic heterocycles. The molecule has 0 fully saturated rings. The third-order valence-electron chi connectivity index (χ3n) is 2.95. The Labute approximate surface area is 127 Å². The van der Waals surface area contributed by atoms with E-state index in [-0.39, 0.29) is 16.1 Å². The van der Waals surface area contributed by atoms with Crippen LogP contribution in [0.3, 0.4) is 0 Å². The van der Waals surface area contributed by atoms with Gasteiger partial charge >= 0.3 is 0 Å². The van der Waals surface area contributed by atoms with Crippen molar-refractivity contribution in [3.63, 3.8) is 0 Å². The lowest BCUT2D eigenvalue weighted by atomic mass is 10.2. The predicted octanol–water partition coefficient (Wildman–Crippen LogP) is 2.49. The maximum atomic E-state index is 13.7. The summed E-state index contributed by atoms with van der Waals surface area (Å²) in [4.78, 5) is 12.0. The minimum atomic E-state index is -3.49. The summed E-state index contributed by atoms with van der Waals surface area (Å²) in [5.41, 5.74) is 0.0688. The van der Waals surface area contributed by atoms with Gasteiger partial charge in [-0.3, -0.25) is 4.79 Å². The fraction of sp³-hybridized carbons (Fsp3) is 0.133. The normalized spacial score (nSPS) is 11.0. The highest BCUT2D eigenvalue weighted by atomic mass is 32.2. The summed E-state index contributed by atoms with van der Waals surface area (Å²) in [7, 11) is -2.03. The Kier molecular flexibility index (Phi) is 4.46. The van der Waals surface area contributed by atoms with Gasteiger partial charge in [-0.2, -0.15) is 0 Å². The maximum Gasteiger partial charge on any atom is 0.255 e. The third kappa shape index (κ3) is 3.62. The largest absolute Gasteiger partial charge is 0.497 e. The van der Waals surface area contributed by atoms with Crippen molar-refractivity contribution in [2.45, 2.75) is 4.90 Å². The molecule has 7 heteroatoms. The van der Waals surface area contributed by atoms with Crippen LogP contribution in [0.1, 0.15) is 10.4 Å². The number of benzene rings is 2. The molecule has 0 saturated carbocycles. The lowest BCUT2D eigenvalue weighted by molar-refractivity contribution is 0.102. The van der Waals surface area contributed by atoms with Gasteiger partial charge in [0.1, 0.15) is 11.6 Å². The standard InChI is InChI=1S/C15H14FNO4S/c1-21-11-5-3-4-10(8-11)15(18)17-14-9-12(22(2,19)20)6-7-13(14)16/h3-9H,1-2H3,(H,17,18). The molecule has 0 heterocycles. The Morgan fingerprint density at radius 3 is 2.55 bits per heavy atom. The van der Waals surface area contributed by atoms with Gasteiger partial charge in [-0.1, -0.05) is 6.07 Å². The molecule has 0 bridgehead atoms. The molecule has 22 heavy (non-hydrogen) atoms. The summed E-state index contributed by atoms with van der Waals surface area (Å²) in [5, 5.41) is 2.36. The maximum absolute atomic E-state index is 13.7. The average molecular weight is 323 g/mol. The van der Waals surface area contributed by atoms with Gasteiger partial charge in [-0.15, -0.1) is 0 Å². The van der Waals surface area contributed by atoms with E-state index in [1.165, 1.54) is 19.2 Å². The van der Waals surface area contributed by atoms with Gasteiger partial charge in [0, 0.05) is 11.8 Å². The summed E-state index contributed by atoms with van der Waals surface area (Å²) < 4.78 is 41.7. The van der Waals surface area contributed by atoms with Gasteiger partial charge < -0.3 is 10.1 Å². The first-order chi connectivity index (χ1) is 10.3. The van der Waals surface area contributed by atoms with Gasteiger partial charge in [0.05, 0.1) is 17.7 Å². The molecule has 0 atom stereocenters. The van der Waals surface area contributed by atoms with Crippen molar-refractivity contribution in [3.8, 4) is 5.75 Å². The van der Waals surface area contributed by atoms with Gasteiger partial charge in [0.2, 0.25) is 0 Å². The third-order valence-corrected chi connectivity index (χ3v) is 4.06. The van der Waals surface area contributed by atoms with E-state index in [9.17, 15) is 17.6 Å². The van der Waals surface area contributed by atoms with E-state index in [1.807, 2.05) is 0 Å². The molecular weight excluding hydrogens is 309 g/mol. The number of anilines is 1. The van der Waals surface area contributed by atoms with E-state index in [0.29, 0.717) is 5.75 Å². The molecule has 0 spiro atoms. The summed E-state index contributed by atoms with van der Waals surface area (Å²) in [6, 6.07) is 9.55. The van der Waals surface area contributed by atoms with Gasteiger partial charge in [0.15, 0.2) is 9.84 Å². The van der Waals surface area contributed by atoms with Crippen LogP contribution in [0.4, 0.5) is 10.1 Å². The molecule has 1 N–H and O–H groups in total. The number of nitrogens with one attached hydrogen (secondary N) is 1. The SMILES string of the molecule is COc1cccc(C(=O)Nc2cc(S(C)(=O)=O)ccc2F)c1. The Bertz CT molecular complexity index is 818. The average Bonchev–Trinajstić information content (AvgIpc) is 2.48. The minimum absolute atomic E-state index is 0.0742. The number of amides is 1. The second-order valence-electron chi connectivity index (χ2n) is 4.60. The van der Waals surface area contributed by atoms with Crippen molar-refractivity contribution in [2.75, 3.05) is 18.7 Å². The zero-order valence-electron chi connectivity index (χ0n) is 12.0. The number of hydrogen-bond donors (Lipinski definition) is 1. The Morgan fingerprint density at radius 2 is 1.91 bits per heavy atom. The summed E-state index contributed by atoms with van der Waals surface area (Å²) in [5.74, 6) is -0.801. The highest BCUT2D eigenvalue weighted by molar-refractivity contribution is 7.90. The van der Waals surface area contributed by atoms with Crippen LogP contribution in [-0.4, -0.2) is 27.7 Å². The predicted molar refractivity (Wildman–Crippen MR) is 80.5 cm³/mol. The molecule has 5 nitrogen and oxygen atoms in total. The first kappa shape index (κ1) is 16.0. The molecule has 2 rings (SSSR count). The number of sulfone groups is 1. The van der Waals surface area contributed by atoms with Crippen LogP contribution in [0.25, 0.3) is 0 Å². The van der Waals surface area contributed by atoms with Crippen LogP contribution in [0, 0.1) is 5.82 Å². The van der Waals surface area contributed by atoms with E-state index in [0.717, 1.165) is 24.5 Å². The fourth-order valence-electron chi connectivity index (χ4n) is 1.79. The molecule has 0 aliphatic rings. The van der Waals surface area contributed by atoms with E-state index in [2.05, 4.69) is 5.32 Å². The van der Waals surface area contributed by atoms with Crippen molar-refractivity contribution in [1.29, 1.82) is 0 Å². The van der Waals surface area contributed by atoms with Gasteiger partial charge in [-0.25, -0.2) is 12.8 Å². The molecule has 2 aromatic carbocycles. The molecule has 0 aliphatic carbocycles. The molecule has 0 radical (unpaired) electrons. The van der Waals surface area contributed by atoms with Crippen LogP contribution in [0.2, 0.25) is 0 Å². The quantitative estimate of drug-likeness (QED) is 0.878. The lowest BCUT2D eigenvalue weighted by Crippen LogP contribution is -2.13. The van der Waals surface area contributed by atoms with Crippen LogP contribution in [-0.2, 0) is 9.84 Å². The highest BCUT2D eigenvalue weighted by Gasteiger charge is 2.14.